The second-order valence-electron chi connectivity index (χ2n) is 15.1. The van der Waals surface area contributed by atoms with Gasteiger partial charge < -0.3 is 44.5 Å². The number of aryl methyl sites for hydroxylation is 1. The van der Waals surface area contributed by atoms with Crippen molar-refractivity contribution in [1.29, 1.82) is 0 Å². The number of rotatable bonds is 12. The van der Waals surface area contributed by atoms with Gasteiger partial charge in [-0.3, -0.25) is 9.59 Å². The summed E-state index contributed by atoms with van der Waals surface area (Å²) in [7, 11) is -3.28. The maximum atomic E-state index is 14.0. The first-order valence-electron chi connectivity index (χ1n) is 19.7. The third kappa shape index (κ3) is 11.3. The molecule has 0 aliphatic carbocycles. The molecule has 0 saturated carbocycles. The summed E-state index contributed by atoms with van der Waals surface area (Å²) >= 11 is 0. The second kappa shape index (κ2) is 21.9. The topological polar surface area (TPSA) is 195 Å². The predicted octanol–water partition coefficient (Wildman–Crippen LogP) is -0.386. The van der Waals surface area contributed by atoms with E-state index in [1.807, 2.05) is 67.7 Å². The van der Waals surface area contributed by atoms with E-state index in [1.165, 1.54) is 19.1 Å². The summed E-state index contributed by atoms with van der Waals surface area (Å²) in [6.07, 6.45) is 7.57. The molecule has 4 aromatic carbocycles. The number of nitrogens with zero attached hydrogens (tertiary/aromatic N) is 2. The monoisotopic (exact) mass is 930 g/mol. The third-order valence-corrected chi connectivity index (χ3v) is 12.6. The molecule has 4 aliphatic heterocycles. The summed E-state index contributed by atoms with van der Waals surface area (Å²) in [5.41, 5.74) is 6.91. The molecule has 4 aromatic rings. The fraction of sp³-hybridized carbons (Fsp3) is 0.311. The average molecular weight is 931 g/mol. The number of carbonyl (C=O) groups excluding carboxylic acids is 2. The Labute approximate surface area is 418 Å². The molecule has 0 radical (unpaired) electrons. The summed E-state index contributed by atoms with van der Waals surface area (Å²) in [5.74, 6) is 1.82. The van der Waals surface area contributed by atoms with Gasteiger partial charge in [-0.25, -0.2) is 8.42 Å². The number of fused-ring (bicyclic) bond motifs is 4. The van der Waals surface area contributed by atoms with Gasteiger partial charge in [0.1, 0.15) is 5.75 Å². The molecule has 4 aliphatic rings. The Morgan fingerprint density at radius 2 is 1.19 bits per heavy atom. The van der Waals surface area contributed by atoms with Crippen LogP contribution < -0.4 is 82.8 Å². The van der Waals surface area contributed by atoms with Crippen LogP contribution in [-0.2, 0) is 33.6 Å². The molecule has 64 heavy (non-hydrogen) atoms. The maximum absolute atomic E-state index is 14.0. The van der Waals surface area contributed by atoms with Crippen LogP contribution in [0.3, 0.4) is 0 Å². The Morgan fingerprint density at radius 1 is 0.688 bits per heavy atom. The molecule has 1 unspecified atom stereocenters. The van der Waals surface area contributed by atoms with Crippen molar-refractivity contribution in [3.05, 3.63) is 131 Å². The second-order valence-corrected chi connectivity index (χ2v) is 17.1. The molecule has 4 heterocycles. The third-order valence-electron chi connectivity index (χ3n) is 11.4. The normalized spacial score (nSPS) is 18.4. The van der Waals surface area contributed by atoms with Gasteiger partial charge in [0.05, 0.1) is 56.0 Å². The molecule has 8 rings (SSSR count). The number of benzene rings is 4. The quantitative estimate of drug-likeness (QED) is 0.0773. The molecule has 2 amide bonds. The smallest absolute Gasteiger partial charge is 0.748 e. The van der Waals surface area contributed by atoms with Crippen molar-refractivity contribution in [2.45, 2.75) is 56.4 Å². The molecule has 0 fully saturated rings. The number of carbonyl (C=O) groups is 2. The van der Waals surface area contributed by atoms with Gasteiger partial charge in [0.15, 0.2) is 23.0 Å². The van der Waals surface area contributed by atoms with Gasteiger partial charge in [-0.05, 0) is 90.4 Å². The molecule has 0 saturated heterocycles. The van der Waals surface area contributed by atoms with E-state index < -0.39 is 37.9 Å². The van der Waals surface area contributed by atoms with Crippen LogP contribution in [-0.4, -0.2) is 99.1 Å². The standard InChI is InChI=1S/C45H45N2O10S.2Na.O3S/c1-27-6-8-28(9-7-27)33-19-38-43(58(50,51)52)22-31-21-42(40(55-4)24-37(31)45(49)47(38)26-33)57-17-5-16-56-41-20-30-10-13-34-18-32(29-11-14-35(53-2)15-12-29)25-46(34)44(48)36(30)23-39(41)54-3;;;1-4(2)3/h6-9,11-15,20-21,23-26,34,38,43H,5,10,16-19,22H2,1-4H3,(H,50,51,52);;;/q-1;2*+1;/p-1/t34-,38+,43?;;;/m1.../s1. The Bertz CT molecular complexity index is 2670. The Kier molecular flexibility index (Phi) is 17.4. The predicted molar refractivity (Wildman–Crippen MR) is 226 cm³/mol. The summed E-state index contributed by atoms with van der Waals surface area (Å²) in [6, 6.07) is 21.4. The minimum atomic E-state index is -4.80. The van der Waals surface area contributed by atoms with Gasteiger partial charge in [0.25, 0.3) is 11.8 Å². The first-order valence-corrected chi connectivity index (χ1v) is 22.2. The first-order chi connectivity index (χ1) is 29.7. The van der Waals surface area contributed by atoms with E-state index in [1.54, 1.807) is 36.4 Å². The fourth-order valence-corrected chi connectivity index (χ4v) is 9.26. The molecular formula is C45H44N2Na2O13S2. The Balaban J connectivity index is 0.00000123. The van der Waals surface area contributed by atoms with E-state index in [0.29, 0.717) is 53.4 Å². The van der Waals surface area contributed by atoms with Crippen LogP contribution in [0.2, 0.25) is 0 Å². The number of hydrogen-bond acceptors (Lipinski definition) is 13. The minimum Gasteiger partial charge on any atom is -0.748 e. The molecule has 0 spiro atoms. The molecule has 19 heteroatoms. The van der Waals surface area contributed by atoms with Crippen LogP contribution in [0.25, 0.3) is 11.1 Å². The fourth-order valence-electron chi connectivity index (χ4n) is 8.26. The molecule has 326 valence electrons. The maximum Gasteiger partial charge on any atom is 1.00 e. The molecule has 0 aromatic heterocycles. The van der Waals surface area contributed by atoms with Crippen molar-refractivity contribution in [3.63, 3.8) is 0 Å². The van der Waals surface area contributed by atoms with Crippen LogP contribution in [0.4, 0.5) is 0 Å². The molecule has 3 atom stereocenters. The Morgan fingerprint density at radius 3 is 1.73 bits per heavy atom. The zero-order chi connectivity index (χ0) is 44.3. The van der Waals surface area contributed by atoms with E-state index >= 15 is 0 Å². The minimum absolute atomic E-state index is 0. The van der Waals surface area contributed by atoms with Crippen molar-refractivity contribution < 1.29 is 118 Å². The van der Waals surface area contributed by atoms with Crippen molar-refractivity contribution in [1.82, 2.24) is 9.80 Å². The van der Waals surface area contributed by atoms with E-state index in [9.17, 15) is 22.6 Å². The number of hydrogen-bond donors (Lipinski definition) is 0. The molecular weight excluding hydrogens is 887 g/mol. The van der Waals surface area contributed by atoms with Crippen LogP contribution in [0.5, 0.6) is 28.7 Å². The largest absolute Gasteiger partial charge is 1.00 e. The number of ether oxygens (including phenoxy) is 5. The van der Waals surface area contributed by atoms with E-state index in [2.05, 4.69) is 6.42 Å². The summed E-state index contributed by atoms with van der Waals surface area (Å²) in [5, 5.41) is -1.36. The summed E-state index contributed by atoms with van der Waals surface area (Å²) in [6.45, 7) is 2.42. The average Bonchev–Trinajstić information content (AvgIpc) is 3.84. The van der Waals surface area contributed by atoms with Crippen LogP contribution in [0, 0.1) is 13.3 Å². The van der Waals surface area contributed by atoms with Gasteiger partial charge in [-0.15, -0.1) is 12.6 Å². The molecule has 0 bridgehead atoms. The zero-order valence-electron chi connectivity index (χ0n) is 36.4. The molecule has 0 N–H and O–H groups in total. The SMILES string of the molecule is COc1ccc(C2=CN3C(=O)c4cc(OC)c(OCCCOc5cc6c(cc5OC)C(=O)N5C=C(c7ccc(C)cc7)C[C@H]5C(S(=O)(=O)[O-])C6)cc4C[CH-][C@@H]3C2)cc1.O=S(=O)=O.[Na+].[Na+]. The van der Waals surface area contributed by atoms with Gasteiger partial charge in [-0.2, -0.15) is 6.42 Å². The van der Waals surface area contributed by atoms with Crippen molar-refractivity contribution in [3.8, 4) is 28.7 Å². The first kappa shape index (κ1) is 50.8. The van der Waals surface area contributed by atoms with Gasteiger partial charge in [-0.1, -0.05) is 53.6 Å². The zero-order valence-corrected chi connectivity index (χ0v) is 42.0. The Hall–Kier alpha value is -4.17. The number of amides is 2. The van der Waals surface area contributed by atoms with Crippen LogP contribution in [0.15, 0.2) is 85.2 Å². The van der Waals surface area contributed by atoms with Crippen LogP contribution >= 0.6 is 0 Å². The molecule has 15 nitrogen and oxygen atoms in total. The van der Waals surface area contributed by atoms with Gasteiger partial charge in [0.2, 0.25) is 0 Å². The van der Waals surface area contributed by atoms with E-state index in [-0.39, 0.29) is 103 Å². The van der Waals surface area contributed by atoms with E-state index in [4.69, 9.17) is 36.3 Å². The van der Waals surface area contributed by atoms with Crippen molar-refractivity contribution in [2.75, 3.05) is 34.5 Å². The van der Waals surface area contributed by atoms with Gasteiger partial charge >= 0.3 is 69.7 Å². The van der Waals surface area contributed by atoms with E-state index in [0.717, 1.165) is 39.1 Å². The van der Waals surface area contributed by atoms with Gasteiger partial charge in [0, 0.05) is 29.9 Å². The summed E-state index contributed by atoms with van der Waals surface area (Å²) < 4.78 is 92.3. The van der Waals surface area contributed by atoms with Crippen molar-refractivity contribution >= 4 is 43.7 Å². The number of methoxy groups -OCH3 is 3. The van der Waals surface area contributed by atoms with Crippen LogP contribution in [0.1, 0.15) is 67.8 Å². The van der Waals surface area contributed by atoms with Crippen molar-refractivity contribution in [2.24, 2.45) is 0 Å². The summed E-state index contributed by atoms with van der Waals surface area (Å²) in [4.78, 5) is 31.0.